The Kier molecular flexibility index (Phi) is 5.93. The molecule has 0 saturated carbocycles. The van der Waals surface area contributed by atoms with Crippen LogP contribution in [0.3, 0.4) is 0 Å². The molecular weight excluding hydrogens is 297 g/mol. The first-order chi connectivity index (χ1) is 9.22. The molecule has 1 aromatic carbocycles. The lowest BCUT2D eigenvalue weighted by atomic mass is 10.1. The summed E-state index contributed by atoms with van der Waals surface area (Å²) in [5, 5.41) is 9.10. The first-order valence-electron chi connectivity index (χ1n) is 5.70. The van der Waals surface area contributed by atoms with E-state index < -0.39 is 35.6 Å². The van der Waals surface area contributed by atoms with Crippen LogP contribution >= 0.6 is 0 Å². The molecule has 20 heavy (non-hydrogen) atoms. The summed E-state index contributed by atoms with van der Waals surface area (Å²) >= 11 is 0. The smallest absolute Gasteiger partial charge is 0.395 e. The maximum atomic E-state index is 11.9. The topological polar surface area (TPSA) is 78.4 Å². The molecule has 0 aliphatic rings. The van der Waals surface area contributed by atoms with Gasteiger partial charge in [0, 0.05) is 0 Å². The van der Waals surface area contributed by atoms with Crippen molar-refractivity contribution < 1.29 is 26.7 Å². The van der Waals surface area contributed by atoms with Crippen LogP contribution in [0.15, 0.2) is 30.3 Å². The zero-order chi connectivity index (χ0) is 15.2. The molecule has 0 aliphatic heterocycles. The van der Waals surface area contributed by atoms with Gasteiger partial charge in [-0.15, -0.1) is 0 Å². The van der Waals surface area contributed by atoms with E-state index in [0.29, 0.717) is 0 Å². The number of rotatable bonds is 7. The molecule has 0 amide bonds. The highest BCUT2D eigenvalue weighted by atomic mass is 32.2. The van der Waals surface area contributed by atoms with Crippen LogP contribution in [0.1, 0.15) is 5.56 Å². The van der Waals surface area contributed by atoms with Crippen LogP contribution < -0.4 is 9.44 Å². The van der Waals surface area contributed by atoms with Crippen LogP contribution in [0.25, 0.3) is 0 Å². The van der Waals surface area contributed by atoms with Gasteiger partial charge in [0.15, 0.2) is 0 Å². The van der Waals surface area contributed by atoms with Crippen molar-refractivity contribution in [3.8, 4) is 0 Å². The Labute approximate surface area is 115 Å². The monoisotopic (exact) mass is 312 g/mol. The van der Waals surface area contributed by atoms with Crippen molar-refractivity contribution in [2.45, 2.75) is 18.6 Å². The summed E-state index contributed by atoms with van der Waals surface area (Å²) in [5.74, 6) is 0. The standard InChI is InChI=1S/C11H15F3N2O3S/c12-11(13,14)8-15-20(18,19)16-10(7-17)6-9-4-2-1-3-5-9/h1-5,10,15-17H,6-8H2. The Bertz CT molecular complexity index is 505. The number of aliphatic hydroxyl groups is 1. The van der Waals surface area contributed by atoms with Gasteiger partial charge >= 0.3 is 6.18 Å². The lowest BCUT2D eigenvalue weighted by Gasteiger charge is -2.17. The second kappa shape index (κ2) is 7.02. The zero-order valence-corrected chi connectivity index (χ0v) is 11.2. The summed E-state index contributed by atoms with van der Waals surface area (Å²) < 4.78 is 62.0. The highest BCUT2D eigenvalue weighted by Crippen LogP contribution is 2.12. The van der Waals surface area contributed by atoms with Crippen molar-refractivity contribution in [2.75, 3.05) is 13.2 Å². The average Bonchev–Trinajstić information content (AvgIpc) is 2.36. The highest BCUT2D eigenvalue weighted by molar-refractivity contribution is 7.87. The number of nitrogens with one attached hydrogen (secondary N) is 2. The van der Waals surface area contributed by atoms with Crippen molar-refractivity contribution in [3.63, 3.8) is 0 Å². The molecule has 0 heterocycles. The van der Waals surface area contributed by atoms with E-state index >= 15 is 0 Å². The zero-order valence-electron chi connectivity index (χ0n) is 10.4. The second-order valence-corrected chi connectivity index (χ2v) is 5.66. The van der Waals surface area contributed by atoms with Crippen molar-refractivity contribution in [2.24, 2.45) is 0 Å². The lowest BCUT2D eigenvalue weighted by Crippen LogP contribution is -2.47. The van der Waals surface area contributed by atoms with Gasteiger partial charge in [-0.05, 0) is 12.0 Å². The molecule has 0 spiro atoms. The summed E-state index contributed by atoms with van der Waals surface area (Å²) in [4.78, 5) is 0. The van der Waals surface area contributed by atoms with E-state index in [1.807, 2.05) is 4.72 Å². The SMILES string of the molecule is O=S(=O)(NCC(F)(F)F)NC(CO)Cc1ccccc1. The fraction of sp³-hybridized carbons (Fsp3) is 0.455. The van der Waals surface area contributed by atoms with Crippen LogP contribution in [0.4, 0.5) is 13.2 Å². The van der Waals surface area contributed by atoms with Crippen LogP contribution in [0, 0.1) is 0 Å². The van der Waals surface area contributed by atoms with Crippen molar-refractivity contribution >= 4 is 10.2 Å². The largest absolute Gasteiger partial charge is 0.402 e. The van der Waals surface area contributed by atoms with E-state index in [2.05, 4.69) is 0 Å². The van der Waals surface area contributed by atoms with E-state index in [9.17, 15) is 21.6 Å². The number of hydrogen-bond donors (Lipinski definition) is 3. The summed E-state index contributed by atoms with van der Waals surface area (Å²) in [6.45, 7) is -2.19. The Morgan fingerprint density at radius 2 is 1.80 bits per heavy atom. The van der Waals surface area contributed by atoms with Gasteiger partial charge in [0.25, 0.3) is 10.2 Å². The minimum Gasteiger partial charge on any atom is -0.395 e. The number of benzene rings is 1. The van der Waals surface area contributed by atoms with E-state index in [4.69, 9.17) is 5.11 Å². The third-order valence-electron chi connectivity index (χ3n) is 2.33. The minimum absolute atomic E-state index is 0.171. The maximum Gasteiger partial charge on any atom is 0.402 e. The van der Waals surface area contributed by atoms with Gasteiger partial charge in [-0.3, -0.25) is 0 Å². The lowest BCUT2D eigenvalue weighted by molar-refractivity contribution is -0.121. The fourth-order valence-corrected chi connectivity index (χ4v) is 2.51. The first-order valence-corrected chi connectivity index (χ1v) is 7.18. The predicted molar refractivity (Wildman–Crippen MR) is 67.1 cm³/mol. The van der Waals surface area contributed by atoms with Crippen LogP contribution in [0.5, 0.6) is 0 Å². The Hall–Kier alpha value is -1.16. The molecule has 0 fully saturated rings. The number of halogens is 3. The molecule has 1 atom stereocenters. The molecule has 0 aliphatic carbocycles. The van der Waals surface area contributed by atoms with E-state index in [0.717, 1.165) is 5.56 Å². The molecule has 0 saturated heterocycles. The van der Waals surface area contributed by atoms with Gasteiger partial charge in [0.1, 0.15) is 6.54 Å². The van der Waals surface area contributed by atoms with E-state index in [1.54, 1.807) is 30.3 Å². The number of aliphatic hydroxyl groups excluding tert-OH is 1. The van der Waals surface area contributed by atoms with Crippen LogP contribution in [-0.2, 0) is 16.6 Å². The summed E-state index contributed by atoms with van der Waals surface area (Å²) in [6, 6.07) is 7.79. The van der Waals surface area contributed by atoms with Gasteiger partial charge in [0.2, 0.25) is 0 Å². The summed E-state index contributed by atoms with van der Waals surface area (Å²) in [6.07, 6.45) is -4.47. The van der Waals surface area contributed by atoms with Gasteiger partial charge in [-0.2, -0.15) is 31.0 Å². The van der Waals surface area contributed by atoms with Gasteiger partial charge in [0.05, 0.1) is 12.6 Å². The Morgan fingerprint density at radius 3 is 2.30 bits per heavy atom. The average molecular weight is 312 g/mol. The second-order valence-electron chi connectivity index (χ2n) is 4.13. The fourth-order valence-electron chi connectivity index (χ4n) is 1.48. The van der Waals surface area contributed by atoms with Gasteiger partial charge in [-0.1, -0.05) is 30.3 Å². The van der Waals surface area contributed by atoms with Crippen molar-refractivity contribution in [1.29, 1.82) is 0 Å². The normalized spacial score (nSPS) is 14.2. The van der Waals surface area contributed by atoms with Crippen LogP contribution in [0.2, 0.25) is 0 Å². The number of alkyl halides is 3. The van der Waals surface area contributed by atoms with E-state index in [1.165, 1.54) is 4.72 Å². The predicted octanol–water partition coefficient (Wildman–Crippen LogP) is 0.576. The molecule has 0 radical (unpaired) electrons. The molecule has 3 N–H and O–H groups in total. The van der Waals surface area contributed by atoms with Gasteiger partial charge in [-0.25, -0.2) is 0 Å². The molecule has 5 nitrogen and oxygen atoms in total. The van der Waals surface area contributed by atoms with Crippen LogP contribution in [-0.4, -0.2) is 38.9 Å². The molecule has 0 bridgehead atoms. The molecule has 9 heteroatoms. The molecule has 1 rings (SSSR count). The van der Waals surface area contributed by atoms with Crippen molar-refractivity contribution in [1.82, 2.24) is 9.44 Å². The molecule has 1 aromatic rings. The maximum absolute atomic E-state index is 11.9. The molecular formula is C11H15F3N2O3S. The third-order valence-corrected chi connectivity index (χ3v) is 3.50. The van der Waals surface area contributed by atoms with Gasteiger partial charge < -0.3 is 5.11 Å². The summed E-state index contributed by atoms with van der Waals surface area (Å²) in [5.41, 5.74) is 0.755. The molecule has 0 aromatic heterocycles. The third kappa shape index (κ3) is 6.85. The highest BCUT2D eigenvalue weighted by Gasteiger charge is 2.30. The number of hydrogen-bond acceptors (Lipinski definition) is 3. The first kappa shape index (κ1) is 16.9. The van der Waals surface area contributed by atoms with Crippen molar-refractivity contribution in [3.05, 3.63) is 35.9 Å². The quantitative estimate of drug-likeness (QED) is 0.689. The Morgan fingerprint density at radius 1 is 1.20 bits per heavy atom. The minimum atomic E-state index is -4.64. The Balaban J connectivity index is 2.59. The summed E-state index contributed by atoms with van der Waals surface area (Å²) in [7, 11) is -4.33. The van der Waals surface area contributed by atoms with E-state index in [-0.39, 0.29) is 6.42 Å². The molecule has 1 unspecified atom stereocenters. The molecule has 114 valence electrons.